The van der Waals surface area contributed by atoms with E-state index in [0.717, 1.165) is 6.07 Å². The predicted molar refractivity (Wildman–Crippen MR) is 43.0 cm³/mol. The van der Waals surface area contributed by atoms with Crippen molar-refractivity contribution in [2.45, 2.75) is 12.1 Å². The summed E-state index contributed by atoms with van der Waals surface area (Å²) in [6, 6.07) is 1.87. The van der Waals surface area contributed by atoms with E-state index in [-0.39, 0.29) is 0 Å². The van der Waals surface area contributed by atoms with E-state index in [0.29, 0.717) is 12.1 Å². The molecule has 1 aromatic carbocycles. The molecule has 0 heterocycles. The maximum atomic E-state index is 12.9. The van der Waals surface area contributed by atoms with Crippen LogP contribution in [0.5, 0.6) is 5.75 Å². The molecule has 0 saturated carbocycles. The molecule has 0 atom stereocenters. The van der Waals surface area contributed by atoms with Gasteiger partial charge in [-0.3, -0.25) is 0 Å². The third-order valence-corrected chi connectivity index (χ3v) is 1.73. The van der Waals surface area contributed by atoms with Crippen molar-refractivity contribution in [3.05, 3.63) is 29.8 Å². The van der Waals surface area contributed by atoms with Crippen LogP contribution in [0, 0.1) is 11.6 Å². The van der Waals surface area contributed by atoms with Crippen LogP contribution >= 0.6 is 0 Å². The molecule has 0 radical (unpaired) electrons. The van der Waals surface area contributed by atoms with Crippen molar-refractivity contribution < 1.29 is 40.3 Å². The number of hydrogen-bond acceptors (Lipinski definition) is 2. The van der Waals surface area contributed by atoms with E-state index in [1.54, 1.807) is 0 Å². The molecular weight excluding hydrogens is 273 g/mol. The van der Waals surface area contributed by atoms with Crippen LogP contribution in [0.25, 0.3) is 0 Å². The number of benzene rings is 1. The van der Waals surface area contributed by atoms with Gasteiger partial charge in [-0.25, -0.2) is 9.18 Å². The molecule has 0 fully saturated rings. The lowest BCUT2D eigenvalue weighted by Crippen LogP contribution is -2.46. The van der Waals surface area contributed by atoms with Crippen LogP contribution in [0.15, 0.2) is 18.2 Å². The number of halogens is 7. The average molecular weight is 276 g/mol. The molecule has 0 aliphatic rings. The number of carbonyl (C=O) groups is 1. The number of hydrogen-bond donors (Lipinski definition) is 0. The molecule has 0 spiro atoms. The number of ether oxygens (including phenoxy) is 1. The number of esters is 1. The van der Waals surface area contributed by atoms with Crippen LogP contribution in [0.1, 0.15) is 0 Å². The molecule has 0 aliphatic heterocycles. The zero-order valence-electron chi connectivity index (χ0n) is 8.19. The van der Waals surface area contributed by atoms with Gasteiger partial charge < -0.3 is 4.74 Å². The van der Waals surface area contributed by atoms with Gasteiger partial charge in [-0.2, -0.15) is 26.3 Å². The van der Waals surface area contributed by atoms with E-state index in [1.165, 1.54) is 0 Å². The predicted octanol–water partition coefficient (Wildman–Crippen LogP) is 3.07. The molecule has 9 heteroatoms. The zero-order chi connectivity index (χ0) is 14.1. The van der Waals surface area contributed by atoms with E-state index < -0.39 is 35.5 Å². The second-order valence-electron chi connectivity index (χ2n) is 3.01. The van der Waals surface area contributed by atoms with Crippen molar-refractivity contribution in [2.75, 3.05) is 0 Å². The van der Waals surface area contributed by atoms with E-state index >= 15 is 0 Å². The lowest BCUT2D eigenvalue weighted by molar-refractivity contribution is -0.276. The molecule has 2 nitrogen and oxygen atoms in total. The molecule has 100 valence electrons. The lowest BCUT2D eigenvalue weighted by atomic mass is 10.3. The molecule has 0 bridgehead atoms. The summed E-state index contributed by atoms with van der Waals surface area (Å²) >= 11 is 0. The van der Waals surface area contributed by atoms with Crippen LogP contribution in [0.4, 0.5) is 30.7 Å². The maximum absolute atomic E-state index is 12.9. The van der Waals surface area contributed by atoms with Crippen LogP contribution in [-0.2, 0) is 4.79 Å². The van der Waals surface area contributed by atoms with Crippen LogP contribution < -0.4 is 4.74 Å². The van der Waals surface area contributed by atoms with Crippen LogP contribution in [0.3, 0.4) is 0 Å². The van der Waals surface area contributed by atoms with Gasteiger partial charge in [0.1, 0.15) is 0 Å². The summed E-state index contributed by atoms with van der Waals surface area (Å²) in [5.74, 6) is -13.6. The topological polar surface area (TPSA) is 26.3 Å². The Labute approximate surface area is 95.0 Å². The second kappa shape index (κ2) is 4.46. The summed E-state index contributed by atoms with van der Waals surface area (Å²) in [6.07, 6.45) is -6.19. The average Bonchev–Trinajstić information content (AvgIpc) is 2.23. The molecule has 0 saturated heterocycles. The molecule has 0 aliphatic carbocycles. The Morgan fingerprint density at radius 1 is 1.06 bits per heavy atom. The monoisotopic (exact) mass is 276 g/mol. The highest BCUT2D eigenvalue weighted by Gasteiger charge is 2.65. The number of alkyl halides is 5. The molecule has 1 aromatic rings. The second-order valence-corrected chi connectivity index (χ2v) is 3.01. The molecule has 0 aromatic heterocycles. The molecule has 0 unspecified atom stereocenters. The quantitative estimate of drug-likeness (QED) is 0.471. The summed E-state index contributed by atoms with van der Waals surface area (Å²) in [5, 5.41) is 0. The van der Waals surface area contributed by atoms with E-state index in [1.807, 2.05) is 0 Å². The summed E-state index contributed by atoms with van der Waals surface area (Å²) < 4.78 is 89.0. The van der Waals surface area contributed by atoms with Gasteiger partial charge in [-0.15, -0.1) is 0 Å². The van der Waals surface area contributed by atoms with Gasteiger partial charge >= 0.3 is 18.1 Å². The zero-order valence-corrected chi connectivity index (χ0v) is 8.19. The third-order valence-electron chi connectivity index (χ3n) is 1.73. The minimum Gasteiger partial charge on any atom is -0.419 e. The van der Waals surface area contributed by atoms with Crippen molar-refractivity contribution in [1.29, 1.82) is 0 Å². The number of rotatable bonds is 2. The highest BCUT2D eigenvalue weighted by Crippen LogP contribution is 2.36. The van der Waals surface area contributed by atoms with Crippen molar-refractivity contribution in [3.8, 4) is 5.75 Å². The minimum absolute atomic E-state index is 0.531. The Kier molecular flexibility index (Phi) is 3.54. The first kappa shape index (κ1) is 14.3. The Morgan fingerprint density at radius 2 is 1.61 bits per heavy atom. The molecule has 18 heavy (non-hydrogen) atoms. The first-order chi connectivity index (χ1) is 8.07. The molecular formula is C9H3F7O2. The Morgan fingerprint density at radius 3 is 2.11 bits per heavy atom. The van der Waals surface area contributed by atoms with Crippen LogP contribution in [0.2, 0.25) is 0 Å². The van der Waals surface area contributed by atoms with Gasteiger partial charge in [0.05, 0.1) is 0 Å². The van der Waals surface area contributed by atoms with Gasteiger partial charge in [0.2, 0.25) is 5.82 Å². The summed E-state index contributed by atoms with van der Waals surface area (Å²) in [4.78, 5) is 10.6. The first-order valence-electron chi connectivity index (χ1n) is 4.18. The largest absolute Gasteiger partial charge is 0.465 e. The maximum Gasteiger partial charge on any atom is 0.465 e. The highest BCUT2D eigenvalue weighted by atomic mass is 19.4. The first-order valence-corrected chi connectivity index (χ1v) is 4.18. The Hall–Kier alpha value is -1.80. The fourth-order valence-electron chi connectivity index (χ4n) is 0.843. The van der Waals surface area contributed by atoms with Gasteiger partial charge in [0, 0.05) is 0 Å². The van der Waals surface area contributed by atoms with E-state index in [2.05, 4.69) is 4.74 Å². The third kappa shape index (κ3) is 2.54. The standard InChI is InChI=1S/C9H3F7O2/c10-4-2-1-3-5(6(4)11)18-7(17)8(12,13)9(14,15)16/h1-3H. The lowest BCUT2D eigenvalue weighted by Gasteiger charge is -2.17. The minimum atomic E-state index is -6.19. The summed E-state index contributed by atoms with van der Waals surface area (Å²) in [7, 11) is 0. The van der Waals surface area contributed by atoms with Crippen molar-refractivity contribution >= 4 is 5.97 Å². The molecule has 1 rings (SSSR count). The Balaban J connectivity index is 2.99. The van der Waals surface area contributed by atoms with E-state index in [9.17, 15) is 35.5 Å². The number of carbonyl (C=O) groups excluding carboxylic acids is 1. The van der Waals surface area contributed by atoms with Gasteiger partial charge in [0.25, 0.3) is 0 Å². The SMILES string of the molecule is O=C(Oc1cccc(F)c1F)C(F)(F)C(F)(F)F. The van der Waals surface area contributed by atoms with Gasteiger partial charge in [-0.1, -0.05) is 6.07 Å². The summed E-state index contributed by atoms with van der Waals surface area (Å²) in [6.45, 7) is 0. The smallest absolute Gasteiger partial charge is 0.419 e. The fourth-order valence-corrected chi connectivity index (χ4v) is 0.843. The van der Waals surface area contributed by atoms with Crippen LogP contribution in [-0.4, -0.2) is 18.1 Å². The normalized spacial score (nSPS) is 12.4. The Bertz CT molecular complexity index is 466. The van der Waals surface area contributed by atoms with Crippen molar-refractivity contribution in [1.82, 2.24) is 0 Å². The van der Waals surface area contributed by atoms with E-state index in [4.69, 9.17) is 0 Å². The highest BCUT2D eigenvalue weighted by molar-refractivity contribution is 5.80. The fraction of sp³-hybridized carbons (Fsp3) is 0.222. The molecule has 0 amide bonds. The molecule has 0 N–H and O–H groups in total. The van der Waals surface area contributed by atoms with Gasteiger partial charge in [0.15, 0.2) is 11.6 Å². The van der Waals surface area contributed by atoms with Crippen molar-refractivity contribution in [2.24, 2.45) is 0 Å². The van der Waals surface area contributed by atoms with Gasteiger partial charge in [-0.05, 0) is 12.1 Å². The van der Waals surface area contributed by atoms with Crippen molar-refractivity contribution in [3.63, 3.8) is 0 Å². The summed E-state index contributed by atoms with van der Waals surface area (Å²) in [5.41, 5.74) is 0.